The van der Waals surface area contributed by atoms with Crippen molar-refractivity contribution in [2.24, 2.45) is 0 Å². The van der Waals surface area contributed by atoms with Crippen LogP contribution in [-0.4, -0.2) is 22.7 Å². The molecule has 0 saturated carbocycles. The third-order valence-corrected chi connectivity index (χ3v) is 2.72. The lowest BCUT2D eigenvalue weighted by molar-refractivity contribution is 0.273. The highest BCUT2D eigenvalue weighted by atomic mass is 16.3. The Morgan fingerprint density at radius 1 is 1.17 bits per heavy atom. The lowest BCUT2D eigenvalue weighted by Crippen LogP contribution is -2.27. The summed E-state index contributed by atoms with van der Waals surface area (Å²) in [5.74, 6) is 0. The van der Waals surface area contributed by atoms with E-state index in [2.05, 4.69) is 10.3 Å². The summed E-state index contributed by atoms with van der Waals surface area (Å²) in [5.41, 5.74) is 8.32. The van der Waals surface area contributed by atoms with Crippen molar-refractivity contribution >= 4 is 11.4 Å². The average Bonchev–Trinajstić information content (AvgIpc) is 2.41. The predicted molar refractivity (Wildman–Crippen MR) is 73.3 cm³/mol. The minimum absolute atomic E-state index is 0.0326. The number of anilines is 2. The predicted octanol–water partition coefficient (Wildman–Crippen LogP) is 1.68. The number of nitrogens with two attached hydrogens (primary N) is 1. The molecule has 0 aliphatic carbocycles. The fraction of sp³-hybridized carbons (Fsp3) is 0.214. The van der Waals surface area contributed by atoms with E-state index in [1.165, 1.54) is 0 Å². The van der Waals surface area contributed by atoms with E-state index in [-0.39, 0.29) is 12.6 Å². The maximum Gasteiger partial charge on any atom is 0.0636 e. The fourth-order valence-corrected chi connectivity index (χ4v) is 1.78. The van der Waals surface area contributed by atoms with Crippen molar-refractivity contribution in [3.8, 4) is 0 Å². The minimum atomic E-state index is -0.0930. The van der Waals surface area contributed by atoms with E-state index in [9.17, 15) is 5.11 Å². The minimum Gasteiger partial charge on any atom is -0.397 e. The Morgan fingerprint density at radius 2 is 1.94 bits per heavy atom. The molecule has 1 atom stereocenters. The molecule has 4 heteroatoms. The SMILES string of the molecule is Nc1ccccc1N[C@H](CO)Cc1ccccn1. The lowest BCUT2D eigenvalue weighted by Gasteiger charge is -2.18. The summed E-state index contributed by atoms with van der Waals surface area (Å²) in [5, 5.41) is 12.6. The zero-order valence-corrected chi connectivity index (χ0v) is 10.1. The van der Waals surface area contributed by atoms with Crippen LogP contribution in [0.5, 0.6) is 0 Å². The molecular weight excluding hydrogens is 226 g/mol. The first-order valence-electron chi connectivity index (χ1n) is 5.91. The maximum absolute atomic E-state index is 9.41. The largest absolute Gasteiger partial charge is 0.397 e. The van der Waals surface area contributed by atoms with Crippen LogP contribution in [0.4, 0.5) is 11.4 Å². The van der Waals surface area contributed by atoms with Crippen LogP contribution in [0.25, 0.3) is 0 Å². The van der Waals surface area contributed by atoms with Gasteiger partial charge in [0.2, 0.25) is 0 Å². The normalized spacial score (nSPS) is 12.1. The summed E-state index contributed by atoms with van der Waals surface area (Å²) < 4.78 is 0. The van der Waals surface area contributed by atoms with Crippen LogP contribution in [0.3, 0.4) is 0 Å². The van der Waals surface area contributed by atoms with Gasteiger partial charge in [-0.15, -0.1) is 0 Å². The number of nitrogen functional groups attached to an aromatic ring is 1. The van der Waals surface area contributed by atoms with Gasteiger partial charge in [-0.25, -0.2) is 0 Å². The van der Waals surface area contributed by atoms with E-state index in [1.54, 1.807) is 6.20 Å². The molecule has 0 unspecified atom stereocenters. The number of nitrogens with zero attached hydrogens (tertiary/aromatic N) is 1. The second-order valence-electron chi connectivity index (χ2n) is 4.14. The zero-order chi connectivity index (χ0) is 12.8. The highest BCUT2D eigenvalue weighted by Crippen LogP contribution is 2.18. The Labute approximate surface area is 106 Å². The number of benzene rings is 1. The van der Waals surface area contributed by atoms with Crippen molar-refractivity contribution < 1.29 is 5.11 Å². The molecule has 0 bridgehead atoms. The molecule has 4 nitrogen and oxygen atoms in total. The summed E-state index contributed by atoms with van der Waals surface area (Å²) in [6, 6.07) is 13.2. The Bertz CT molecular complexity index is 487. The van der Waals surface area contributed by atoms with Crippen LogP contribution in [0.1, 0.15) is 5.69 Å². The van der Waals surface area contributed by atoms with Gasteiger partial charge in [0, 0.05) is 18.3 Å². The zero-order valence-electron chi connectivity index (χ0n) is 10.1. The third-order valence-electron chi connectivity index (χ3n) is 2.72. The molecule has 0 fully saturated rings. The number of aliphatic hydroxyl groups is 1. The average molecular weight is 243 g/mol. The standard InChI is InChI=1S/C14H17N3O/c15-13-6-1-2-7-14(13)17-12(10-18)9-11-5-3-4-8-16-11/h1-8,12,17-18H,9-10,15H2/t12-/m0/s1. The van der Waals surface area contributed by atoms with Gasteiger partial charge in [0.05, 0.1) is 24.0 Å². The van der Waals surface area contributed by atoms with E-state index < -0.39 is 0 Å². The molecule has 0 amide bonds. The summed E-state index contributed by atoms with van der Waals surface area (Å²) in [7, 11) is 0. The summed E-state index contributed by atoms with van der Waals surface area (Å²) in [4.78, 5) is 4.25. The Kier molecular flexibility index (Phi) is 4.15. The Balaban J connectivity index is 2.04. The Hall–Kier alpha value is -2.07. The molecule has 1 heterocycles. The monoisotopic (exact) mass is 243 g/mol. The first kappa shape index (κ1) is 12.4. The quantitative estimate of drug-likeness (QED) is 0.699. The van der Waals surface area contributed by atoms with Crippen LogP contribution in [-0.2, 0) is 6.42 Å². The lowest BCUT2D eigenvalue weighted by atomic mass is 10.1. The topological polar surface area (TPSA) is 71.2 Å². The third kappa shape index (κ3) is 3.21. The van der Waals surface area contributed by atoms with Crippen LogP contribution >= 0.6 is 0 Å². The van der Waals surface area contributed by atoms with Crippen molar-refractivity contribution in [1.82, 2.24) is 4.98 Å². The van der Waals surface area contributed by atoms with Crippen molar-refractivity contribution in [2.75, 3.05) is 17.7 Å². The van der Waals surface area contributed by atoms with Crippen LogP contribution in [0.15, 0.2) is 48.7 Å². The number of para-hydroxylation sites is 2. The van der Waals surface area contributed by atoms with E-state index in [1.807, 2.05) is 42.5 Å². The highest BCUT2D eigenvalue weighted by Gasteiger charge is 2.10. The molecule has 0 spiro atoms. The second-order valence-corrected chi connectivity index (χ2v) is 4.14. The number of aromatic nitrogens is 1. The number of hydrogen-bond donors (Lipinski definition) is 3. The van der Waals surface area contributed by atoms with Gasteiger partial charge in [-0.05, 0) is 24.3 Å². The molecule has 18 heavy (non-hydrogen) atoms. The van der Waals surface area contributed by atoms with E-state index >= 15 is 0 Å². The number of aliphatic hydroxyl groups excluding tert-OH is 1. The summed E-state index contributed by atoms with van der Waals surface area (Å²) in [6.07, 6.45) is 2.41. The van der Waals surface area contributed by atoms with Crippen molar-refractivity contribution in [3.63, 3.8) is 0 Å². The molecule has 94 valence electrons. The van der Waals surface area contributed by atoms with Gasteiger partial charge in [0.15, 0.2) is 0 Å². The molecule has 2 rings (SSSR count). The van der Waals surface area contributed by atoms with Gasteiger partial charge in [-0.3, -0.25) is 4.98 Å². The van der Waals surface area contributed by atoms with Gasteiger partial charge in [0.1, 0.15) is 0 Å². The van der Waals surface area contributed by atoms with E-state index in [0.29, 0.717) is 12.1 Å². The molecule has 0 radical (unpaired) electrons. The number of nitrogens with one attached hydrogen (secondary N) is 1. The second kappa shape index (κ2) is 6.02. The van der Waals surface area contributed by atoms with Gasteiger partial charge >= 0.3 is 0 Å². The molecule has 2 aromatic rings. The summed E-state index contributed by atoms with van der Waals surface area (Å²) >= 11 is 0. The number of pyridine rings is 1. The molecule has 0 aliphatic heterocycles. The number of hydrogen-bond acceptors (Lipinski definition) is 4. The molecule has 0 aliphatic rings. The van der Waals surface area contributed by atoms with Crippen molar-refractivity contribution in [3.05, 3.63) is 54.4 Å². The van der Waals surface area contributed by atoms with Crippen LogP contribution in [0, 0.1) is 0 Å². The Morgan fingerprint density at radius 3 is 2.61 bits per heavy atom. The highest BCUT2D eigenvalue weighted by molar-refractivity contribution is 5.66. The van der Waals surface area contributed by atoms with Crippen LogP contribution in [0.2, 0.25) is 0 Å². The summed E-state index contributed by atoms with van der Waals surface area (Å²) in [6.45, 7) is 0.0326. The number of rotatable bonds is 5. The fourth-order valence-electron chi connectivity index (χ4n) is 1.78. The van der Waals surface area contributed by atoms with Crippen molar-refractivity contribution in [1.29, 1.82) is 0 Å². The molecule has 4 N–H and O–H groups in total. The first-order chi connectivity index (χ1) is 8.79. The van der Waals surface area contributed by atoms with Crippen LogP contribution < -0.4 is 11.1 Å². The van der Waals surface area contributed by atoms with E-state index in [4.69, 9.17) is 5.73 Å². The molecule has 1 aromatic heterocycles. The van der Waals surface area contributed by atoms with E-state index in [0.717, 1.165) is 11.4 Å². The van der Waals surface area contributed by atoms with Gasteiger partial charge in [0.25, 0.3) is 0 Å². The van der Waals surface area contributed by atoms with Gasteiger partial charge in [-0.1, -0.05) is 18.2 Å². The smallest absolute Gasteiger partial charge is 0.0636 e. The van der Waals surface area contributed by atoms with Gasteiger partial charge < -0.3 is 16.2 Å². The molecule has 1 aromatic carbocycles. The molecule has 0 saturated heterocycles. The van der Waals surface area contributed by atoms with Gasteiger partial charge in [-0.2, -0.15) is 0 Å². The first-order valence-corrected chi connectivity index (χ1v) is 5.91. The molecular formula is C14H17N3O. The maximum atomic E-state index is 9.41. The van der Waals surface area contributed by atoms with Crippen molar-refractivity contribution in [2.45, 2.75) is 12.5 Å².